The number of hydrogen-bond donors (Lipinski definition) is 0. The minimum atomic E-state index is 0. The first-order valence-corrected chi connectivity index (χ1v) is 3.52. The molecule has 0 N–H and O–H groups in total. The van der Waals surface area contributed by atoms with E-state index in [4.69, 9.17) is 0 Å². The summed E-state index contributed by atoms with van der Waals surface area (Å²) in [6.07, 6.45) is 8.07. The number of aryl methyl sites for hydroxylation is 1. The zero-order valence-corrected chi connectivity index (χ0v) is 7.46. The molecule has 1 aromatic heterocycles. The highest BCUT2D eigenvalue weighted by Crippen LogP contribution is 1.82. The Morgan fingerprint density at radius 2 is 2.36 bits per heavy atom. The van der Waals surface area contributed by atoms with Gasteiger partial charge in [0.25, 0.3) is 0 Å². The van der Waals surface area contributed by atoms with Gasteiger partial charge in [0, 0.05) is 0 Å². The quantitative estimate of drug-likeness (QED) is 0.368. The standard InChI is InChI=1S/C8H13N2.ClH/c1-3-5-10-7-6-9(4-2)8-10;/h3,6-8H,1,4-5H2,2H3;1H/q+1;/p-1. The van der Waals surface area contributed by atoms with Crippen molar-refractivity contribution in [2.45, 2.75) is 20.0 Å². The van der Waals surface area contributed by atoms with E-state index in [1.54, 1.807) is 0 Å². The Morgan fingerprint density at radius 1 is 1.64 bits per heavy atom. The molecule has 0 aliphatic carbocycles. The summed E-state index contributed by atoms with van der Waals surface area (Å²) in [5.41, 5.74) is 0. The number of allylic oxidation sites excluding steroid dienone is 1. The third-order valence-electron chi connectivity index (χ3n) is 1.45. The molecule has 62 valence electrons. The van der Waals surface area contributed by atoms with Crippen LogP contribution in [0.5, 0.6) is 0 Å². The van der Waals surface area contributed by atoms with Gasteiger partial charge < -0.3 is 12.4 Å². The van der Waals surface area contributed by atoms with Gasteiger partial charge in [-0.1, -0.05) is 12.7 Å². The van der Waals surface area contributed by atoms with Gasteiger partial charge in [0.15, 0.2) is 0 Å². The highest BCUT2D eigenvalue weighted by atomic mass is 35.5. The lowest BCUT2D eigenvalue weighted by Crippen LogP contribution is -3.00. The van der Waals surface area contributed by atoms with Crippen molar-refractivity contribution in [1.82, 2.24) is 4.57 Å². The molecule has 11 heavy (non-hydrogen) atoms. The number of aromatic nitrogens is 2. The number of hydrogen-bond acceptors (Lipinski definition) is 0. The van der Waals surface area contributed by atoms with E-state index in [1.165, 1.54) is 0 Å². The Labute approximate surface area is 73.6 Å². The lowest BCUT2D eigenvalue weighted by molar-refractivity contribution is -0.686. The van der Waals surface area contributed by atoms with Crippen LogP contribution in [0.4, 0.5) is 0 Å². The van der Waals surface area contributed by atoms with Crippen molar-refractivity contribution in [2.24, 2.45) is 0 Å². The fraction of sp³-hybridized carbons (Fsp3) is 0.375. The molecular formula is C8H13ClN2. The molecule has 0 saturated carbocycles. The van der Waals surface area contributed by atoms with E-state index < -0.39 is 0 Å². The van der Waals surface area contributed by atoms with Crippen molar-refractivity contribution in [3.63, 3.8) is 0 Å². The lowest BCUT2D eigenvalue weighted by Gasteiger charge is -1.85. The molecule has 0 aromatic carbocycles. The Morgan fingerprint density at radius 3 is 2.82 bits per heavy atom. The molecule has 0 aliphatic heterocycles. The molecule has 0 radical (unpaired) electrons. The maximum atomic E-state index is 3.66. The molecule has 0 fully saturated rings. The fourth-order valence-corrected chi connectivity index (χ4v) is 0.883. The minimum absolute atomic E-state index is 0. The molecular weight excluding hydrogens is 160 g/mol. The van der Waals surface area contributed by atoms with Gasteiger partial charge in [-0.15, -0.1) is 0 Å². The van der Waals surface area contributed by atoms with Gasteiger partial charge in [0.05, 0.1) is 6.54 Å². The summed E-state index contributed by atoms with van der Waals surface area (Å²) >= 11 is 0. The van der Waals surface area contributed by atoms with Crippen molar-refractivity contribution in [3.05, 3.63) is 31.4 Å². The van der Waals surface area contributed by atoms with Crippen LogP contribution in [0.15, 0.2) is 31.4 Å². The van der Waals surface area contributed by atoms with Gasteiger partial charge in [-0.25, -0.2) is 9.13 Å². The van der Waals surface area contributed by atoms with Crippen LogP contribution in [0, 0.1) is 0 Å². The molecule has 1 heterocycles. The number of nitrogens with zero attached hydrogens (tertiary/aromatic N) is 2. The Hall–Kier alpha value is -0.760. The SMILES string of the molecule is C=CC[n+]1ccn(CC)c1.[Cl-]. The zero-order valence-electron chi connectivity index (χ0n) is 6.70. The van der Waals surface area contributed by atoms with Gasteiger partial charge in [0.1, 0.15) is 18.9 Å². The molecule has 0 atom stereocenters. The summed E-state index contributed by atoms with van der Waals surface area (Å²) in [6.45, 7) is 7.71. The van der Waals surface area contributed by atoms with Crippen LogP contribution < -0.4 is 17.0 Å². The van der Waals surface area contributed by atoms with Crippen LogP contribution in [-0.2, 0) is 13.1 Å². The van der Waals surface area contributed by atoms with Gasteiger partial charge in [-0.3, -0.25) is 0 Å². The van der Waals surface area contributed by atoms with E-state index in [9.17, 15) is 0 Å². The third-order valence-corrected chi connectivity index (χ3v) is 1.45. The molecule has 2 nitrogen and oxygen atoms in total. The molecule has 3 heteroatoms. The highest BCUT2D eigenvalue weighted by Gasteiger charge is 1.96. The zero-order chi connectivity index (χ0) is 7.40. The van der Waals surface area contributed by atoms with Gasteiger partial charge in [-0.2, -0.15) is 0 Å². The van der Waals surface area contributed by atoms with Crippen molar-refractivity contribution >= 4 is 0 Å². The normalized spacial score (nSPS) is 8.82. The first kappa shape index (κ1) is 10.2. The minimum Gasteiger partial charge on any atom is -1.00 e. The number of rotatable bonds is 3. The van der Waals surface area contributed by atoms with E-state index in [2.05, 4.69) is 35.2 Å². The first-order valence-electron chi connectivity index (χ1n) is 3.52. The van der Waals surface area contributed by atoms with Crippen LogP contribution in [0.25, 0.3) is 0 Å². The Kier molecular flexibility index (Phi) is 4.62. The smallest absolute Gasteiger partial charge is 0.244 e. The lowest BCUT2D eigenvalue weighted by atomic mass is 10.6. The molecule has 0 spiro atoms. The molecule has 0 bridgehead atoms. The van der Waals surface area contributed by atoms with E-state index in [1.807, 2.05) is 12.3 Å². The van der Waals surface area contributed by atoms with Crippen LogP contribution in [0.2, 0.25) is 0 Å². The Bertz CT molecular complexity index is 218. The molecule has 1 rings (SSSR count). The fourth-order valence-electron chi connectivity index (χ4n) is 0.883. The van der Waals surface area contributed by atoms with Gasteiger partial charge in [0.2, 0.25) is 6.33 Å². The summed E-state index contributed by atoms with van der Waals surface area (Å²) in [4.78, 5) is 0. The maximum Gasteiger partial charge on any atom is 0.244 e. The maximum absolute atomic E-state index is 3.66. The van der Waals surface area contributed by atoms with Crippen LogP contribution >= 0.6 is 0 Å². The predicted octanol–water partition coefficient (Wildman–Crippen LogP) is -2.01. The van der Waals surface area contributed by atoms with E-state index in [-0.39, 0.29) is 12.4 Å². The largest absolute Gasteiger partial charge is 1.00 e. The highest BCUT2D eigenvalue weighted by molar-refractivity contribution is 4.66. The average molecular weight is 173 g/mol. The summed E-state index contributed by atoms with van der Waals surface area (Å²) in [6, 6.07) is 0. The van der Waals surface area contributed by atoms with Gasteiger partial charge >= 0.3 is 0 Å². The van der Waals surface area contributed by atoms with Crippen LogP contribution in [-0.4, -0.2) is 4.57 Å². The summed E-state index contributed by atoms with van der Waals surface area (Å²) in [5.74, 6) is 0. The van der Waals surface area contributed by atoms with Crippen LogP contribution in [0.1, 0.15) is 6.92 Å². The monoisotopic (exact) mass is 172 g/mol. The van der Waals surface area contributed by atoms with E-state index in [0.717, 1.165) is 13.1 Å². The molecule has 0 aliphatic rings. The summed E-state index contributed by atoms with van der Waals surface area (Å²) < 4.78 is 4.22. The second kappa shape index (κ2) is 4.97. The van der Waals surface area contributed by atoms with Crippen molar-refractivity contribution in [2.75, 3.05) is 0 Å². The van der Waals surface area contributed by atoms with E-state index >= 15 is 0 Å². The molecule has 0 unspecified atom stereocenters. The second-order valence-corrected chi connectivity index (χ2v) is 2.23. The van der Waals surface area contributed by atoms with E-state index in [0.29, 0.717) is 0 Å². The summed E-state index contributed by atoms with van der Waals surface area (Å²) in [5, 5.41) is 0. The van der Waals surface area contributed by atoms with Crippen LogP contribution in [0.3, 0.4) is 0 Å². The average Bonchev–Trinajstić information content (AvgIpc) is 2.37. The van der Waals surface area contributed by atoms with Crippen molar-refractivity contribution < 1.29 is 17.0 Å². The summed E-state index contributed by atoms with van der Waals surface area (Å²) in [7, 11) is 0. The van der Waals surface area contributed by atoms with Crippen molar-refractivity contribution in [1.29, 1.82) is 0 Å². The molecule has 0 saturated heterocycles. The molecule has 1 aromatic rings. The Balaban J connectivity index is 0.000001000. The number of halogens is 1. The first-order chi connectivity index (χ1) is 4.86. The second-order valence-electron chi connectivity index (χ2n) is 2.23. The van der Waals surface area contributed by atoms with Gasteiger partial charge in [-0.05, 0) is 6.92 Å². The number of imidazole rings is 1. The predicted molar refractivity (Wildman–Crippen MR) is 40.5 cm³/mol. The van der Waals surface area contributed by atoms with Crippen molar-refractivity contribution in [3.8, 4) is 0 Å². The third kappa shape index (κ3) is 2.76. The topological polar surface area (TPSA) is 8.81 Å². The molecule has 0 amide bonds.